The summed E-state index contributed by atoms with van der Waals surface area (Å²) in [7, 11) is 0. The van der Waals surface area contributed by atoms with E-state index in [2.05, 4.69) is 6.07 Å². The van der Waals surface area contributed by atoms with Crippen molar-refractivity contribution in [3.63, 3.8) is 0 Å². The van der Waals surface area contributed by atoms with Gasteiger partial charge in [-0.15, -0.1) is 11.3 Å². The van der Waals surface area contributed by atoms with Crippen LogP contribution in [0.1, 0.15) is 29.3 Å². The second-order valence-corrected chi connectivity index (χ2v) is 7.86. The number of aromatic nitrogens is 1. The SMILES string of the molecule is O=C(Cc1ccc([N+](=O)[O-])cc1)N1CCC[C@H](c2nc3ccccc3s2)C1. The molecular formula is C20H19N3O3S. The van der Waals surface area contributed by atoms with Gasteiger partial charge in [-0.05, 0) is 30.5 Å². The molecule has 1 amide bonds. The van der Waals surface area contributed by atoms with Crippen molar-refractivity contribution in [1.82, 2.24) is 9.88 Å². The fourth-order valence-corrected chi connectivity index (χ4v) is 4.59. The molecule has 7 heteroatoms. The largest absolute Gasteiger partial charge is 0.342 e. The summed E-state index contributed by atoms with van der Waals surface area (Å²) in [6, 6.07) is 14.3. The van der Waals surface area contributed by atoms with Gasteiger partial charge < -0.3 is 4.90 Å². The van der Waals surface area contributed by atoms with E-state index in [4.69, 9.17) is 4.98 Å². The third kappa shape index (κ3) is 3.83. The topological polar surface area (TPSA) is 76.3 Å². The fraction of sp³-hybridized carbons (Fsp3) is 0.300. The lowest BCUT2D eigenvalue weighted by atomic mass is 9.98. The number of carbonyl (C=O) groups is 1. The van der Waals surface area contributed by atoms with Gasteiger partial charge in [0.1, 0.15) is 0 Å². The quantitative estimate of drug-likeness (QED) is 0.502. The van der Waals surface area contributed by atoms with Gasteiger partial charge >= 0.3 is 0 Å². The summed E-state index contributed by atoms with van der Waals surface area (Å²) >= 11 is 1.71. The highest BCUT2D eigenvalue weighted by atomic mass is 32.1. The maximum Gasteiger partial charge on any atom is 0.269 e. The number of non-ortho nitro benzene ring substituents is 1. The number of carbonyl (C=O) groups excluding carboxylic acids is 1. The van der Waals surface area contributed by atoms with Crippen LogP contribution in [0.2, 0.25) is 0 Å². The van der Waals surface area contributed by atoms with Gasteiger partial charge in [0.25, 0.3) is 5.69 Å². The van der Waals surface area contributed by atoms with Crippen LogP contribution < -0.4 is 0 Å². The van der Waals surface area contributed by atoms with Crippen molar-refractivity contribution >= 4 is 33.1 Å². The van der Waals surface area contributed by atoms with Gasteiger partial charge in [-0.3, -0.25) is 14.9 Å². The molecule has 0 unspecified atom stereocenters. The number of nitro benzene ring substituents is 1. The molecule has 1 aromatic heterocycles. The smallest absolute Gasteiger partial charge is 0.269 e. The van der Waals surface area contributed by atoms with Gasteiger partial charge in [-0.2, -0.15) is 0 Å². The number of amides is 1. The molecule has 6 nitrogen and oxygen atoms in total. The highest BCUT2D eigenvalue weighted by Crippen LogP contribution is 2.33. The molecule has 1 atom stereocenters. The number of benzene rings is 2. The van der Waals surface area contributed by atoms with Crippen LogP contribution in [0.4, 0.5) is 5.69 Å². The minimum atomic E-state index is -0.432. The highest BCUT2D eigenvalue weighted by Gasteiger charge is 2.27. The summed E-state index contributed by atoms with van der Waals surface area (Å²) in [6.07, 6.45) is 2.28. The molecule has 1 fully saturated rings. The zero-order chi connectivity index (χ0) is 18.8. The zero-order valence-electron chi connectivity index (χ0n) is 14.7. The van der Waals surface area contributed by atoms with Crippen molar-refractivity contribution < 1.29 is 9.72 Å². The number of hydrogen-bond acceptors (Lipinski definition) is 5. The van der Waals surface area contributed by atoms with Crippen LogP contribution in [0.3, 0.4) is 0 Å². The molecule has 1 aliphatic rings. The summed E-state index contributed by atoms with van der Waals surface area (Å²) in [6.45, 7) is 1.44. The van der Waals surface area contributed by atoms with E-state index in [-0.39, 0.29) is 23.9 Å². The average Bonchev–Trinajstić information content (AvgIpc) is 3.13. The van der Waals surface area contributed by atoms with E-state index in [9.17, 15) is 14.9 Å². The van der Waals surface area contributed by atoms with Gasteiger partial charge in [0.2, 0.25) is 5.91 Å². The van der Waals surface area contributed by atoms with Crippen LogP contribution in [0.25, 0.3) is 10.2 Å². The Kier molecular flexibility index (Phi) is 4.85. The molecule has 4 rings (SSSR count). The monoisotopic (exact) mass is 381 g/mol. The molecule has 0 bridgehead atoms. The van der Waals surface area contributed by atoms with Crippen molar-refractivity contribution in [2.75, 3.05) is 13.1 Å². The maximum absolute atomic E-state index is 12.7. The molecule has 0 aliphatic carbocycles. The summed E-state index contributed by atoms with van der Waals surface area (Å²) in [4.78, 5) is 29.7. The Labute approximate surface area is 160 Å². The van der Waals surface area contributed by atoms with E-state index in [0.717, 1.165) is 35.5 Å². The van der Waals surface area contributed by atoms with Crippen LogP contribution in [-0.2, 0) is 11.2 Å². The second kappa shape index (κ2) is 7.44. The molecule has 0 radical (unpaired) electrons. The second-order valence-electron chi connectivity index (χ2n) is 6.80. The van der Waals surface area contributed by atoms with Crippen molar-refractivity contribution in [2.45, 2.75) is 25.2 Å². The summed E-state index contributed by atoms with van der Waals surface area (Å²) in [5, 5.41) is 11.8. The maximum atomic E-state index is 12.7. The number of piperidine rings is 1. The first-order valence-electron chi connectivity index (χ1n) is 8.97. The number of fused-ring (bicyclic) bond motifs is 1. The van der Waals surface area contributed by atoms with Crippen molar-refractivity contribution in [2.24, 2.45) is 0 Å². The first kappa shape index (κ1) is 17.6. The number of hydrogen-bond donors (Lipinski definition) is 0. The van der Waals surface area contributed by atoms with E-state index >= 15 is 0 Å². The minimum absolute atomic E-state index is 0.0417. The molecule has 138 valence electrons. The van der Waals surface area contributed by atoms with E-state index in [1.807, 2.05) is 23.1 Å². The number of likely N-dealkylation sites (tertiary alicyclic amines) is 1. The third-order valence-electron chi connectivity index (χ3n) is 4.94. The summed E-state index contributed by atoms with van der Waals surface area (Å²) in [5.41, 5.74) is 1.86. The lowest BCUT2D eigenvalue weighted by Gasteiger charge is -2.32. The number of thiazole rings is 1. The highest BCUT2D eigenvalue weighted by molar-refractivity contribution is 7.18. The molecule has 3 aromatic rings. The van der Waals surface area contributed by atoms with Gasteiger partial charge in [0, 0.05) is 31.1 Å². The summed E-state index contributed by atoms with van der Waals surface area (Å²) < 4.78 is 1.18. The first-order chi connectivity index (χ1) is 13.1. The number of rotatable bonds is 4. The molecule has 2 aromatic carbocycles. The lowest BCUT2D eigenvalue weighted by Crippen LogP contribution is -2.39. The van der Waals surface area contributed by atoms with Gasteiger partial charge in [0.05, 0.1) is 26.6 Å². The predicted molar refractivity (Wildman–Crippen MR) is 105 cm³/mol. The summed E-state index contributed by atoms with van der Waals surface area (Å²) in [5.74, 6) is 0.339. The van der Waals surface area contributed by atoms with Gasteiger partial charge in [-0.1, -0.05) is 24.3 Å². The van der Waals surface area contributed by atoms with E-state index in [0.29, 0.717) is 6.54 Å². The van der Waals surface area contributed by atoms with Crippen LogP contribution >= 0.6 is 11.3 Å². The molecule has 0 N–H and O–H groups in total. The molecule has 0 spiro atoms. The lowest BCUT2D eigenvalue weighted by molar-refractivity contribution is -0.384. The normalized spacial score (nSPS) is 17.2. The van der Waals surface area contributed by atoms with Crippen LogP contribution in [0.5, 0.6) is 0 Å². The van der Waals surface area contributed by atoms with Crippen LogP contribution in [0.15, 0.2) is 48.5 Å². The molecule has 1 saturated heterocycles. The Bertz CT molecular complexity index is 951. The average molecular weight is 381 g/mol. The molecule has 2 heterocycles. The number of nitrogens with zero attached hydrogens (tertiary/aromatic N) is 3. The van der Waals surface area contributed by atoms with E-state index in [1.54, 1.807) is 23.5 Å². The van der Waals surface area contributed by atoms with E-state index in [1.165, 1.54) is 16.8 Å². The standard InChI is InChI=1S/C20H19N3O3S/c24-19(12-14-7-9-16(10-8-14)23(25)26)22-11-3-4-15(13-22)20-21-17-5-1-2-6-18(17)27-20/h1-2,5-10,15H,3-4,11-13H2/t15-/m0/s1. The van der Waals surface area contributed by atoms with Crippen LogP contribution in [-0.4, -0.2) is 33.8 Å². The zero-order valence-corrected chi connectivity index (χ0v) is 15.5. The molecule has 1 aliphatic heterocycles. The number of nitro groups is 1. The molecule has 27 heavy (non-hydrogen) atoms. The Morgan fingerprint density at radius 3 is 2.74 bits per heavy atom. The van der Waals surface area contributed by atoms with Crippen molar-refractivity contribution in [3.8, 4) is 0 Å². The van der Waals surface area contributed by atoms with Crippen LogP contribution in [0, 0.1) is 10.1 Å². The Morgan fingerprint density at radius 2 is 2.00 bits per heavy atom. The van der Waals surface area contributed by atoms with Gasteiger partial charge in [0.15, 0.2) is 0 Å². The molecule has 0 saturated carbocycles. The van der Waals surface area contributed by atoms with Crippen molar-refractivity contribution in [1.29, 1.82) is 0 Å². The first-order valence-corrected chi connectivity index (χ1v) is 9.78. The van der Waals surface area contributed by atoms with Gasteiger partial charge in [-0.25, -0.2) is 4.98 Å². The third-order valence-corrected chi connectivity index (χ3v) is 6.14. The van der Waals surface area contributed by atoms with E-state index < -0.39 is 4.92 Å². The Morgan fingerprint density at radius 1 is 1.22 bits per heavy atom. The number of para-hydroxylation sites is 1. The Hall–Kier alpha value is -2.80. The fourth-order valence-electron chi connectivity index (χ4n) is 3.49. The minimum Gasteiger partial charge on any atom is -0.342 e. The molecular weight excluding hydrogens is 362 g/mol. The Balaban J connectivity index is 1.44. The predicted octanol–water partition coefficient (Wildman–Crippen LogP) is 4.15. The van der Waals surface area contributed by atoms with Crippen molar-refractivity contribution in [3.05, 3.63) is 69.2 Å².